The van der Waals surface area contributed by atoms with Crippen LogP contribution in [0.15, 0.2) is 6.07 Å². The van der Waals surface area contributed by atoms with E-state index in [4.69, 9.17) is 4.74 Å². The van der Waals surface area contributed by atoms with Gasteiger partial charge in [-0.15, -0.1) is 0 Å². The van der Waals surface area contributed by atoms with Crippen molar-refractivity contribution < 1.29 is 14.6 Å². The molecule has 6 heteroatoms. The van der Waals surface area contributed by atoms with Crippen LogP contribution < -0.4 is 10.2 Å². The second-order valence-corrected chi connectivity index (χ2v) is 6.17. The highest BCUT2D eigenvalue weighted by Crippen LogP contribution is 2.26. The Morgan fingerprint density at radius 2 is 2.23 bits per heavy atom. The number of hydrogen-bond donors (Lipinski definition) is 2. The summed E-state index contributed by atoms with van der Waals surface area (Å²) in [6.45, 7) is 6.44. The normalized spacial score (nSPS) is 20.0. The fourth-order valence-corrected chi connectivity index (χ4v) is 3.06. The van der Waals surface area contributed by atoms with Crippen LogP contribution in [0.2, 0.25) is 0 Å². The van der Waals surface area contributed by atoms with Crippen LogP contribution >= 0.6 is 0 Å². The van der Waals surface area contributed by atoms with Crippen LogP contribution in [0.4, 0.5) is 5.82 Å². The highest BCUT2D eigenvalue weighted by molar-refractivity contribution is 5.98. The first-order valence-electron chi connectivity index (χ1n) is 7.88. The maximum Gasteiger partial charge on any atom is 0.253 e. The van der Waals surface area contributed by atoms with Crippen molar-refractivity contribution in [1.82, 2.24) is 10.3 Å². The molecule has 1 aromatic heterocycles. The number of aliphatic hydroxyl groups is 1. The summed E-state index contributed by atoms with van der Waals surface area (Å²) < 4.78 is 5.70. The van der Waals surface area contributed by atoms with Gasteiger partial charge in [-0.05, 0) is 38.3 Å². The number of anilines is 1. The van der Waals surface area contributed by atoms with Crippen LogP contribution in [0.5, 0.6) is 0 Å². The third kappa shape index (κ3) is 3.08. The second-order valence-electron chi connectivity index (χ2n) is 6.17. The topological polar surface area (TPSA) is 74.7 Å². The molecule has 0 aromatic carbocycles. The SMILES string of the molecule is Cc1cc2c(nc1N1CCC(OC[C@@H](C)O)CC1)CNC2=O. The Morgan fingerprint density at radius 3 is 2.91 bits per heavy atom. The van der Waals surface area contributed by atoms with Crippen LogP contribution in [0.3, 0.4) is 0 Å². The van der Waals surface area contributed by atoms with Gasteiger partial charge in [0.2, 0.25) is 0 Å². The van der Waals surface area contributed by atoms with Gasteiger partial charge in [0.1, 0.15) is 5.82 Å². The van der Waals surface area contributed by atoms with E-state index in [1.165, 1.54) is 0 Å². The van der Waals surface area contributed by atoms with Crippen molar-refractivity contribution in [1.29, 1.82) is 0 Å². The molecule has 0 bridgehead atoms. The molecule has 22 heavy (non-hydrogen) atoms. The van der Waals surface area contributed by atoms with Gasteiger partial charge in [0, 0.05) is 13.1 Å². The van der Waals surface area contributed by atoms with Gasteiger partial charge < -0.3 is 20.1 Å². The van der Waals surface area contributed by atoms with E-state index < -0.39 is 6.10 Å². The Labute approximate surface area is 130 Å². The van der Waals surface area contributed by atoms with E-state index in [2.05, 4.69) is 15.2 Å². The van der Waals surface area contributed by atoms with Crippen molar-refractivity contribution in [3.05, 3.63) is 22.9 Å². The van der Waals surface area contributed by atoms with Gasteiger partial charge in [-0.3, -0.25) is 4.79 Å². The summed E-state index contributed by atoms with van der Waals surface area (Å²) in [5, 5.41) is 12.1. The van der Waals surface area contributed by atoms with Gasteiger partial charge in [0.15, 0.2) is 0 Å². The lowest BCUT2D eigenvalue weighted by Gasteiger charge is -2.34. The maximum atomic E-state index is 11.7. The number of aromatic nitrogens is 1. The molecule has 0 radical (unpaired) electrons. The number of rotatable bonds is 4. The smallest absolute Gasteiger partial charge is 0.253 e. The number of carbonyl (C=O) groups excluding carboxylic acids is 1. The lowest BCUT2D eigenvalue weighted by molar-refractivity contribution is -0.0124. The van der Waals surface area contributed by atoms with Gasteiger partial charge in [0.05, 0.1) is 36.6 Å². The fourth-order valence-electron chi connectivity index (χ4n) is 3.06. The van der Waals surface area contributed by atoms with Crippen molar-refractivity contribution in [2.24, 2.45) is 0 Å². The number of carbonyl (C=O) groups is 1. The molecule has 0 unspecified atom stereocenters. The van der Waals surface area contributed by atoms with Crippen LogP contribution in [-0.2, 0) is 11.3 Å². The molecule has 6 nitrogen and oxygen atoms in total. The zero-order chi connectivity index (χ0) is 15.7. The van der Waals surface area contributed by atoms with E-state index in [0.29, 0.717) is 18.7 Å². The molecule has 1 fully saturated rings. The summed E-state index contributed by atoms with van der Waals surface area (Å²) >= 11 is 0. The van der Waals surface area contributed by atoms with E-state index in [0.717, 1.165) is 43.0 Å². The van der Waals surface area contributed by atoms with Crippen molar-refractivity contribution in [3.63, 3.8) is 0 Å². The van der Waals surface area contributed by atoms with E-state index in [-0.39, 0.29) is 12.0 Å². The summed E-state index contributed by atoms with van der Waals surface area (Å²) in [4.78, 5) is 18.6. The standard InChI is InChI=1S/C16H23N3O3/c1-10-7-13-14(8-17-16(13)21)18-15(10)19-5-3-12(4-6-19)22-9-11(2)20/h7,11-12,20H,3-6,8-9H2,1-2H3,(H,17,21)/t11-/m1/s1. The molecule has 1 aromatic rings. The number of pyridine rings is 1. The van der Waals surface area contributed by atoms with Crippen LogP contribution in [0.25, 0.3) is 0 Å². The number of amides is 1. The number of fused-ring (bicyclic) bond motifs is 1. The molecule has 1 amide bonds. The molecule has 0 saturated carbocycles. The predicted octanol–water partition coefficient (Wildman–Crippen LogP) is 1.000. The van der Waals surface area contributed by atoms with Crippen LogP contribution in [-0.4, -0.2) is 47.9 Å². The molecule has 2 aliphatic heterocycles. The predicted molar refractivity (Wildman–Crippen MR) is 83.0 cm³/mol. The maximum absolute atomic E-state index is 11.7. The summed E-state index contributed by atoms with van der Waals surface area (Å²) in [7, 11) is 0. The highest BCUT2D eigenvalue weighted by atomic mass is 16.5. The number of piperidine rings is 1. The van der Waals surface area contributed by atoms with Gasteiger partial charge in [-0.2, -0.15) is 0 Å². The molecule has 2 aliphatic rings. The minimum Gasteiger partial charge on any atom is -0.391 e. The largest absolute Gasteiger partial charge is 0.391 e. The second kappa shape index (κ2) is 6.22. The minimum absolute atomic E-state index is 0.0256. The van der Waals surface area contributed by atoms with Gasteiger partial charge in [0.25, 0.3) is 5.91 Å². The van der Waals surface area contributed by atoms with E-state index in [1.807, 2.05) is 13.0 Å². The van der Waals surface area contributed by atoms with E-state index >= 15 is 0 Å². The summed E-state index contributed by atoms with van der Waals surface area (Å²) in [5.74, 6) is 0.951. The number of nitrogens with zero attached hydrogens (tertiary/aromatic N) is 2. The molecule has 3 heterocycles. The average Bonchev–Trinajstić information content (AvgIpc) is 2.86. The molecule has 2 N–H and O–H groups in total. The summed E-state index contributed by atoms with van der Waals surface area (Å²) in [6.07, 6.45) is 1.66. The van der Waals surface area contributed by atoms with Crippen molar-refractivity contribution in [2.75, 3.05) is 24.6 Å². The lowest BCUT2D eigenvalue weighted by atomic mass is 10.1. The van der Waals surface area contributed by atoms with Crippen molar-refractivity contribution in [2.45, 2.75) is 45.4 Å². The number of aliphatic hydroxyl groups excluding tert-OH is 1. The zero-order valence-corrected chi connectivity index (χ0v) is 13.1. The Hall–Kier alpha value is -1.66. The first-order chi connectivity index (χ1) is 10.5. The molecular formula is C16H23N3O3. The Balaban J connectivity index is 1.66. The van der Waals surface area contributed by atoms with Crippen molar-refractivity contribution >= 4 is 11.7 Å². The quantitative estimate of drug-likeness (QED) is 0.868. The van der Waals surface area contributed by atoms with Gasteiger partial charge >= 0.3 is 0 Å². The third-order valence-corrected chi connectivity index (χ3v) is 4.24. The third-order valence-electron chi connectivity index (χ3n) is 4.24. The number of nitrogens with one attached hydrogen (secondary N) is 1. The van der Waals surface area contributed by atoms with E-state index in [9.17, 15) is 9.90 Å². The number of hydrogen-bond acceptors (Lipinski definition) is 5. The molecular weight excluding hydrogens is 282 g/mol. The minimum atomic E-state index is -0.413. The van der Waals surface area contributed by atoms with Crippen LogP contribution in [0, 0.1) is 6.92 Å². The Bertz CT molecular complexity index is 566. The van der Waals surface area contributed by atoms with Gasteiger partial charge in [-0.1, -0.05) is 0 Å². The average molecular weight is 305 g/mol. The lowest BCUT2D eigenvalue weighted by Crippen LogP contribution is -2.38. The van der Waals surface area contributed by atoms with E-state index in [1.54, 1.807) is 6.92 Å². The van der Waals surface area contributed by atoms with Crippen LogP contribution in [0.1, 0.15) is 41.4 Å². The zero-order valence-electron chi connectivity index (χ0n) is 13.1. The molecule has 120 valence electrons. The fraction of sp³-hybridized carbons (Fsp3) is 0.625. The molecule has 1 atom stereocenters. The van der Waals surface area contributed by atoms with Gasteiger partial charge in [-0.25, -0.2) is 4.98 Å². The Morgan fingerprint density at radius 1 is 1.50 bits per heavy atom. The number of aryl methyl sites for hydroxylation is 1. The molecule has 1 saturated heterocycles. The highest BCUT2D eigenvalue weighted by Gasteiger charge is 2.26. The first-order valence-corrected chi connectivity index (χ1v) is 7.88. The monoisotopic (exact) mass is 305 g/mol. The summed E-state index contributed by atoms with van der Waals surface area (Å²) in [6, 6.07) is 1.94. The number of ether oxygens (including phenoxy) is 1. The first kappa shape index (κ1) is 15.2. The summed E-state index contributed by atoms with van der Waals surface area (Å²) in [5.41, 5.74) is 2.59. The molecule has 0 aliphatic carbocycles. The van der Waals surface area contributed by atoms with Crippen molar-refractivity contribution in [3.8, 4) is 0 Å². The molecule has 3 rings (SSSR count). The molecule has 0 spiro atoms. The Kier molecular flexibility index (Phi) is 4.31.